The number of imidazole rings is 1. The molecular formula is C10H8N4. The van der Waals surface area contributed by atoms with Crippen LogP contribution in [0.4, 0.5) is 0 Å². The molecule has 0 atom stereocenters. The smallest absolute Gasteiger partial charge is 0.137 e. The molecule has 3 aromatic rings. The fraction of sp³-hybridized carbons (Fsp3) is 0. The van der Waals surface area contributed by atoms with Crippen molar-refractivity contribution in [3.63, 3.8) is 0 Å². The highest BCUT2D eigenvalue weighted by Gasteiger charge is 2.00. The van der Waals surface area contributed by atoms with Gasteiger partial charge in [0.25, 0.3) is 0 Å². The SMILES string of the molecule is c1cc(-c2ccn3ccnc3c2)[nH]n1. The lowest BCUT2D eigenvalue weighted by atomic mass is 10.2. The fourth-order valence-electron chi connectivity index (χ4n) is 1.49. The van der Waals surface area contributed by atoms with Crippen LogP contribution in [0.15, 0.2) is 43.0 Å². The molecule has 0 saturated heterocycles. The van der Waals surface area contributed by atoms with E-state index in [2.05, 4.69) is 15.2 Å². The molecule has 14 heavy (non-hydrogen) atoms. The number of H-pyrrole nitrogens is 1. The summed E-state index contributed by atoms with van der Waals surface area (Å²) in [6.07, 6.45) is 7.43. The van der Waals surface area contributed by atoms with Gasteiger partial charge in [-0.3, -0.25) is 5.10 Å². The number of pyridine rings is 1. The number of aromatic nitrogens is 4. The molecule has 0 aliphatic heterocycles. The molecule has 1 N–H and O–H groups in total. The second-order valence-electron chi connectivity index (χ2n) is 3.08. The van der Waals surface area contributed by atoms with E-state index in [1.54, 1.807) is 12.4 Å². The van der Waals surface area contributed by atoms with Gasteiger partial charge in [-0.1, -0.05) is 0 Å². The minimum atomic E-state index is 0.942. The third-order valence-corrected chi connectivity index (χ3v) is 2.21. The van der Waals surface area contributed by atoms with Gasteiger partial charge >= 0.3 is 0 Å². The number of fused-ring (bicyclic) bond motifs is 1. The van der Waals surface area contributed by atoms with Crippen molar-refractivity contribution in [2.45, 2.75) is 0 Å². The molecule has 0 bridgehead atoms. The summed E-state index contributed by atoms with van der Waals surface area (Å²) in [5, 5.41) is 6.84. The zero-order chi connectivity index (χ0) is 9.38. The number of nitrogens with zero attached hydrogens (tertiary/aromatic N) is 3. The summed E-state index contributed by atoms with van der Waals surface area (Å²) in [5.41, 5.74) is 3.05. The molecule has 0 amide bonds. The summed E-state index contributed by atoms with van der Waals surface area (Å²) in [5.74, 6) is 0. The first-order valence-corrected chi connectivity index (χ1v) is 4.36. The zero-order valence-electron chi connectivity index (χ0n) is 7.38. The van der Waals surface area contributed by atoms with Crippen molar-refractivity contribution in [3.05, 3.63) is 43.0 Å². The maximum atomic E-state index is 4.22. The Morgan fingerprint density at radius 1 is 1.14 bits per heavy atom. The predicted octanol–water partition coefficient (Wildman–Crippen LogP) is 1.72. The number of hydrogen-bond acceptors (Lipinski definition) is 2. The Hall–Kier alpha value is -2.10. The van der Waals surface area contributed by atoms with Crippen molar-refractivity contribution < 1.29 is 0 Å². The van der Waals surface area contributed by atoms with E-state index in [9.17, 15) is 0 Å². The fourth-order valence-corrected chi connectivity index (χ4v) is 1.49. The summed E-state index contributed by atoms with van der Waals surface area (Å²) in [6, 6.07) is 5.99. The van der Waals surface area contributed by atoms with Gasteiger partial charge in [0.2, 0.25) is 0 Å². The van der Waals surface area contributed by atoms with Gasteiger partial charge in [0, 0.05) is 30.4 Å². The number of aromatic amines is 1. The van der Waals surface area contributed by atoms with Gasteiger partial charge in [-0.2, -0.15) is 5.10 Å². The minimum Gasteiger partial charge on any atom is -0.307 e. The van der Waals surface area contributed by atoms with E-state index >= 15 is 0 Å². The molecule has 0 unspecified atom stereocenters. The van der Waals surface area contributed by atoms with E-state index < -0.39 is 0 Å². The Kier molecular flexibility index (Phi) is 1.41. The number of rotatable bonds is 1. The van der Waals surface area contributed by atoms with Gasteiger partial charge in [-0.25, -0.2) is 4.98 Å². The van der Waals surface area contributed by atoms with E-state index in [0.29, 0.717) is 0 Å². The lowest BCUT2D eigenvalue weighted by Gasteiger charge is -1.97. The molecule has 4 nitrogen and oxygen atoms in total. The van der Waals surface area contributed by atoms with Crippen LogP contribution in [0.1, 0.15) is 0 Å². The topological polar surface area (TPSA) is 46.0 Å². The van der Waals surface area contributed by atoms with Gasteiger partial charge < -0.3 is 4.40 Å². The Balaban J connectivity index is 2.23. The van der Waals surface area contributed by atoms with Crippen molar-refractivity contribution >= 4 is 5.65 Å². The Labute approximate surface area is 80.2 Å². The van der Waals surface area contributed by atoms with Crippen LogP contribution >= 0.6 is 0 Å². The second-order valence-corrected chi connectivity index (χ2v) is 3.08. The molecule has 3 rings (SSSR count). The zero-order valence-corrected chi connectivity index (χ0v) is 7.38. The van der Waals surface area contributed by atoms with Gasteiger partial charge in [0.15, 0.2) is 0 Å². The summed E-state index contributed by atoms with van der Waals surface area (Å²) < 4.78 is 1.97. The summed E-state index contributed by atoms with van der Waals surface area (Å²) in [6.45, 7) is 0. The monoisotopic (exact) mass is 184 g/mol. The predicted molar refractivity (Wildman–Crippen MR) is 52.8 cm³/mol. The first-order valence-electron chi connectivity index (χ1n) is 4.36. The third-order valence-electron chi connectivity index (χ3n) is 2.21. The van der Waals surface area contributed by atoms with E-state index in [4.69, 9.17) is 0 Å². The number of nitrogens with one attached hydrogen (secondary N) is 1. The minimum absolute atomic E-state index is 0.942. The molecular weight excluding hydrogens is 176 g/mol. The van der Waals surface area contributed by atoms with Crippen LogP contribution < -0.4 is 0 Å². The van der Waals surface area contributed by atoms with Crippen LogP contribution in [-0.4, -0.2) is 19.6 Å². The van der Waals surface area contributed by atoms with Crippen LogP contribution in [0.3, 0.4) is 0 Å². The molecule has 68 valence electrons. The number of hydrogen-bond donors (Lipinski definition) is 1. The summed E-state index contributed by atoms with van der Waals surface area (Å²) >= 11 is 0. The Morgan fingerprint density at radius 3 is 3.00 bits per heavy atom. The van der Waals surface area contributed by atoms with Gasteiger partial charge in [-0.05, 0) is 18.2 Å². The summed E-state index contributed by atoms with van der Waals surface area (Å²) in [7, 11) is 0. The van der Waals surface area contributed by atoms with Gasteiger partial charge in [0.05, 0.1) is 5.69 Å². The highest BCUT2D eigenvalue weighted by atomic mass is 15.1. The van der Waals surface area contributed by atoms with Gasteiger partial charge in [0.1, 0.15) is 5.65 Å². The normalized spacial score (nSPS) is 10.9. The summed E-state index contributed by atoms with van der Waals surface area (Å²) in [4.78, 5) is 4.22. The molecule has 0 spiro atoms. The molecule has 0 aliphatic rings. The first kappa shape index (κ1) is 7.32. The second kappa shape index (κ2) is 2.70. The average Bonchev–Trinajstić information content (AvgIpc) is 2.88. The molecule has 0 aliphatic carbocycles. The molecule has 0 aromatic carbocycles. The van der Waals surface area contributed by atoms with Crippen LogP contribution in [0.25, 0.3) is 16.9 Å². The van der Waals surface area contributed by atoms with Crippen molar-refractivity contribution in [1.82, 2.24) is 19.6 Å². The highest BCUT2D eigenvalue weighted by molar-refractivity contribution is 5.63. The van der Waals surface area contributed by atoms with Crippen LogP contribution in [0.2, 0.25) is 0 Å². The Bertz CT molecular complexity index is 550. The van der Waals surface area contributed by atoms with Gasteiger partial charge in [-0.15, -0.1) is 0 Å². The lowest BCUT2D eigenvalue weighted by molar-refractivity contribution is 1.09. The van der Waals surface area contributed by atoms with E-state index in [1.807, 2.05) is 35.0 Å². The average molecular weight is 184 g/mol. The van der Waals surface area contributed by atoms with E-state index in [-0.39, 0.29) is 0 Å². The largest absolute Gasteiger partial charge is 0.307 e. The van der Waals surface area contributed by atoms with E-state index in [0.717, 1.165) is 16.9 Å². The van der Waals surface area contributed by atoms with Crippen molar-refractivity contribution in [2.24, 2.45) is 0 Å². The quantitative estimate of drug-likeness (QED) is 0.626. The maximum Gasteiger partial charge on any atom is 0.137 e. The molecule has 0 saturated carbocycles. The molecule has 0 fully saturated rings. The first-order chi connectivity index (χ1) is 6.93. The molecule has 3 heterocycles. The Morgan fingerprint density at radius 2 is 2.14 bits per heavy atom. The van der Waals surface area contributed by atoms with Crippen LogP contribution in [-0.2, 0) is 0 Å². The van der Waals surface area contributed by atoms with Crippen molar-refractivity contribution in [3.8, 4) is 11.3 Å². The van der Waals surface area contributed by atoms with Crippen molar-refractivity contribution in [1.29, 1.82) is 0 Å². The van der Waals surface area contributed by atoms with Crippen LogP contribution in [0.5, 0.6) is 0 Å². The lowest BCUT2D eigenvalue weighted by Crippen LogP contribution is -1.84. The standard InChI is InChI=1S/C10H8N4/c1-3-12-13-9(1)8-2-5-14-6-4-11-10(14)7-8/h1-7H,(H,12,13). The molecule has 3 aromatic heterocycles. The third kappa shape index (κ3) is 1.01. The highest BCUT2D eigenvalue weighted by Crippen LogP contribution is 2.16. The molecule has 4 heteroatoms. The maximum absolute atomic E-state index is 4.22. The molecule has 0 radical (unpaired) electrons. The van der Waals surface area contributed by atoms with Crippen LogP contribution in [0, 0.1) is 0 Å². The van der Waals surface area contributed by atoms with Crippen molar-refractivity contribution in [2.75, 3.05) is 0 Å². The van der Waals surface area contributed by atoms with E-state index in [1.165, 1.54) is 0 Å².